The number of primary amides is 1. The Balaban J connectivity index is 1.64. The molecule has 0 bridgehead atoms. The van der Waals surface area contributed by atoms with Gasteiger partial charge in [-0.05, 0) is 31.0 Å². The molecule has 0 aliphatic heterocycles. The van der Waals surface area contributed by atoms with Gasteiger partial charge in [-0.1, -0.05) is 11.2 Å². The van der Waals surface area contributed by atoms with Crippen molar-refractivity contribution >= 4 is 17.6 Å². The van der Waals surface area contributed by atoms with Crippen molar-refractivity contribution in [2.45, 2.75) is 25.4 Å². The average molecular weight is 273 g/mol. The lowest BCUT2D eigenvalue weighted by molar-refractivity contribution is 0.100. The van der Waals surface area contributed by atoms with E-state index >= 15 is 0 Å². The van der Waals surface area contributed by atoms with E-state index in [9.17, 15) is 4.79 Å². The van der Waals surface area contributed by atoms with E-state index in [1.165, 1.54) is 12.8 Å². The molecule has 0 atom stereocenters. The molecule has 0 unspecified atom stereocenters. The third-order valence-corrected chi connectivity index (χ3v) is 2.98. The first-order valence-electron chi connectivity index (χ1n) is 6.43. The summed E-state index contributed by atoms with van der Waals surface area (Å²) in [5, 5.41) is 14.1. The summed E-state index contributed by atoms with van der Waals surface area (Å²) in [6.07, 6.45) is 2.41. The summed E-state index contributed by atoms with van der Waals surface area (Å²) < 4.78 is 5.45. The molecule has 1 heterocycles. The largest absolute Gasteiger partial charge is 0.406 e. The van der Waals surface area contributed by atoms with Crippen LogP contribution in [0.5, 0.6) is 0 Å². The highest BCUT2D eigenvalue weighted by Gasteiger charge is 2.21. The lowest BCUT2D eigenvalue weighted by atomic mass is 10.2. The molecule has 1 aliphatic carbocycles. The fraction of sp³-hybridized carbons (Fsp3) is 0.308. The Hall–Kier alpha value is -2.41. The van der Waals surface area contributed by atoms with Crippen LogP contribution < -0.4 is 16.4 Å². The molecule has 104 valence electrons. The maximum Gasteiger partial charge on any atom is 0.320 e. The first kappa shape index (κ1) is 12.6. The minimum Gasteiger partial charge on any atom is -0.406 e. The summed E-state index contributed by atoms with van der Waals surface area (Å²) in [6, 6.07) is 7.68. The second-order valence-electron chi connectivity index (χ2n) is 4.73. The van der Waals surface area contributed by atoms with Crippen LogP contribution in [-0.2, 0) is 6.54 Å². The highest BCUT2D eigenvalue weighted by Crippen LogP contribution is 2.20. The molecular formula is C13H15N5O2. The molecule has 1 fully saturated rings. The summed E-state index contributed by atoms with van der Waals surface area (Å²) in [7, 11) is 0. The van der Waals surface area contributed by atoms with Gasteiger partial charge in [0.05, 0.1) is 6.54 Å². The normalized spacial score (nSPS) is 14.2. The van der Waals surface area contributed by atoms with Crippen molar-refractivity contribution in [3.05, 3.63) is 35.7 Å². The van der Waals surface area contributed by atoms with Crippen molar-refractivity contribution in [3.63, 3.8) is 0 Å². The fourth-order valence-electron chi connectivity index (χ4n) is 1.77. The predicted molar refractivity (Wildman–Crippen MR) is 72.4 cm³/mol. The van der Waals surface area contributed by atoms with Crippen LogP contribution in [0.15, 0.2) is 28.7 Å². The van der Waals surface area contributed by atoms with Gasteiger partial charge in [-0.15, -0.1) is 5.10 Å². The summed E-state index contributed by atoms with van der Waals surface area (Å²) in [6.45, 7) is 0.570. The summed E-state index contributed by atoms with van der Waals surface area (Å²) in [4.78, 5) is 11.1. The Kier molecular flexibility index (Phi) is 3.34. The number of hydrogen-bond acceptors (Lipinski definition) is 6. The van der Waals surface area contributed by atoms with E-state index in [-0.39, 0.29) is 0 Å². The molecule has 1 amide bonds. The van der Waals surface area contributed by atoms with E-state index in [4.69, 9.17) is 10.2 Å². The van der Waals surface area contributed by atoms with Crippen molar-refractivity contribution in [2.24, 2.45) is 5.73 Å². The van der Waals surface area contributed by atoms with Crippen molar-refractivity contribution in [1.29, 1.82) is 0 Å². The second kappa shape index (κ2) is 5.30. The Bertz CT molecular complexity index is 621. The summed E-state index contributed by atoms with van der Waals surface area (Å²) in [5.41, 5.74) is 6.32. The zero-order valence-electron chi connectivity index (χ0n) is 10.8. The number of hydrogen-bond donors (Lipinski definition) is 3. The molecule has 20 heavy (non-hydrogen) atoms. The van der Waals surface area contributed by atoms with Gasteiger partial charge >= 0.3 is 6.01 Å². The average Bonchev–Trinajstić information content (AvgIpc) is 3.17. The molecule has 1 aliphatic rings. The van der Waals surface area contributed by atoms with Crippen LogP contribution in [-0.4, -0.2) is 22.1 Å². The van der Waals surface area contributed by atoms with Gasteiger partial charge < -0.3 is 20.8 Å². The van der Waals surface area contributed by atoms with Gasteiger partial charge in [0, 0.05) is 17.3 Å². The van der Waals surface area contributed by atoms with Gasteiger partial charge in [-0.3, -0.25) is 4.79 Å². The predicted octanol–water partition coefficient (Wildman–Crippen LogP) is 1.16. The number of anilines is 2. The standard InChI is InChI=1S/C13H15N5O2/c14-12(19)8-2-1-3-10(6-8)16-13-18-17-11(20-13)7-15-9-4-5-9/h1-3,6,9,15H,4-5,7H2,(H2,14,19)(H,16,18). The molecule has 3 rings (SSSR count). The quantitative estimate of drug-likeness (QED) is 0.729. The molecule has 0 spiro atoms. The molecular weight excluding hydrogens is 258 g/mol. The minimum atomic E-state index is -0.478. The van der Waals surface area contributed by atoms with Gasteiger partial charge in [0.2, 0.25) is 11.8 Å². The van der Waals surface area contributed by atoms with Crippen molar-refractivity contribution < 1.29 is 9.21 Å². The number of aromatic nitrogens is 2. The van der Waals surface area contributed by atoms with Crippen LogP contribution in [0.25, 0.3) is 0 Å². The van der Waals surface area contributed by atoms with Crippen LogP contribution in [0.2, 0.25) is 0 Å². The molecule has 0 saturated heterocycles. The first-order chi connectivity index (χ1) is 9.70. The van der Waals surface area contributed by atoms with Crippen molar-refractivity contribution in [1.82, 2.24) is 15.5 Å². The molecule has 0 radical (unpaired) electrons. The maximum atomic E-state index is 11.1. The molecule has 1 aromatic carbocycles. The second-order valence-corrected chi connectivity index (χ2v) is 4.73. The molecule has 2 aromatic rings. The van der Waals surface area contributed by atoms with E-state index in [1.54, 1.807) is 24.3 Å². The number of nitrogens with one attached hydrogen (secondary N) is 2. The maximum absolute atomic E-state index is 11.1. The van der Waals surface area contributed by atoms with Crippen LogP contribution in [0.3, 0.4) is 0 Å². The number of amides is 1. The third kappa shape index (κ3) is 3.12. The van der Waals surface area contributed by atoms with E-state index in [1.807, 2.05) is 0 Å². The van der Waals surface area contributed by atoms with Crippen molar-refractivity contribution in [2.75, 3.05) is 5.32 Å². The number of rotatable bonds is 6. The van der Waals surface area contributed by atoms with Crippen LogP contribution >= 0.6 is 0 Å². The van der Waals surface area contributed by atoms with Gasteiger partial charge in [0.25, 0.3) is 0 Å². The van der Waals surface area contributed by atoms with Crippen LogP contribution in [0.1, 0.15) is 29.1 Å². The van der Waals surface area contributed by atoms with Gasteiger partial charge in [-0.25, -0.2) is 0 Å². The van der Waals surface area contributed by atoms with Crippen LogP contribution in [0, 0.1) is 0 Å². The summed E-state index contributed by atoms with van der Waals surface area (Å²) >= 11 is 0. The fourth-order valence-corrected chi connectivity index (χ4v) is 1.77. The zero-order valence-corrected chi connectivity index (χ0v) is 10.8. The molecule has 4 N–H and O–H groups in total. The Morgan fingerprint density at radius 3 is 3.00 bits per heavy atom. The van der Waals surface area contributed by atoms with Gasteiger partial charge in [0.15, 0.2) is 0 Å². The molecule has 1 aromatic heterocycles. The van der Waals surface area contributed by atoms with Gasteiger partial charge in [0.1, 0.15) is 0 Å². The highest BCUT2D eigenvalue weighted by atomic mass is 16.4. The number of carbonyl (C=O) groups excluding carboxylic acids is 1. The van der Waals surface area contributed by atoms with E-state index < -0.39 is 5.91 Å². The SMILES string of the molecule is NC(=O)c1cccc(Nc2nnc(CNC3CC3)o2)c1. The Morgan fingerprint density at radius 1 is 1.40 bits per heavy atom. The number of nitrogens with two attached hydrogens (primary N) is 1. The zero-order chi connectivity index (χ0) is 13.9. The molecule has 1 saturated carbocycles. The number of nitrogens with zero attached hydrogens (tertiary/aromatic N) is 2. The van der Waals surface area contributed by atoms with Crippen LogP contribution in [0.4, 0.5) is 11.7 Å². The Morgan fingerprint density at radius 2 is 2.25 bits per heavy atom. The lowest BCUT2D eigenvalue weighted by Gasteiger charge is -2.02. The first-order valence-corrected chi connectivity index (χ1v) is 6.43. The number of benzene rings is 1. The van der Waals surface area contributed by atoms with E-state index in [2.05, 4.69) is 20.8 Å². The molecule has 7 nitrogen and oxygen atoms in total. The molecule has 7 heteroatoms. The van der Waals surface area contributed by atoms with Gasteiger partial charge in [-0.2, -0.15) is 0 Å². The minimum absolute atomic E-state index is 0.291. The highest BCUT2D eigenvalue weighted by molar-refractivity contribution is 5.93. The summed E-state index contributed by atoms with van der Waals surface area (Å²) in [5.74, 6) is 0.0546. The smallest absolute Gasteiger partial charge is 0.320 e. The van der Waals surface area contributed by atoms with E-state index in [0.29, 0.717) is 35.7 Å². The Labute approximate surface area is 115 Å². The third-order valence-electron chi connectivity index (χ3n) is 2.98. The monoisotopic (exact) mass is 273 g/mol. The number of carbonyl (C=O) groups is 1. The topological polar surface area (TPSA) is 106 Å². The lowest BCUT2D eigenvalue weighted by Crippen LogP contribution is -2.15. The van der Waals surface area contributed by atoms with Crippen molar-refractivity contribution in [3.8, 4) is 0 Å². The van der Waals surface area contributed by atoms with E-state index in [0.717, 1.165) is 0 Å².